The number of nitrogens with one attached hydrogen (secondary N) is 1. The quantitative estimate of drug-likeness (QED) is 0.817. The van der Waals surface area contributed by atoms with Gasteiger partial charge in [0.1, 0.15) is 11.2 Å². The first-order chi connectivity index (χ1) is 11.7. The highest BCUT2D eigenvalue weighted by Gasteiger charge is 2.43. The Bertz CT molecular complexity index is 772. The van der Waals surface area contributed by atoms with Crippen LogP contribution in [0.2, 0.25) is 0 Å². The van der Waals surface area contributed by atoms with Gasteiger partial charge in [0.25, 0.3) is 5.91 Å². The number of nitrogens with zero attached hydrogens (tertiary/aromatic N) is 2. The van der Waals surface area contributed by atoms with Crippen LogP contribution < -0.4 is 10.1 Å². The molecular formula is C18H23N3O4. The van der Waals surface area contributed by atoms with Gasteiger partial charge in [-0.05, 0) is 49.7 Å². The van der Waals surface area contributed by atoms with Gasteiger partial charge in [-0.1, -0.05) is 20.8 Å². The largest absolute Gasteiger partial charge is 0.511 e. The normalized spacial score (nSPS) is 25.4. The van der Waals surface area contributed by atoms with Crippen LogP contribution in [0, 0.1) is 11.8 Å². The molecule has 1 aromatic rings. The Labute approximate surface area is 146 Å². The lowest BCUT2D eigenvalue weighted by Gasteiger charge is -2.27. The van der Waals surface area contributed by atoms with Crippen LogP contribution in [-0.2, 0) is 17.6 Å². The van der Waals surface area contributed by atoms with Crippen molar-refractivity contribution in [2.75, 3.05) is 0 Å². The Morgan fingerprint density at radius 3 is 2.80 bits per heavy atom. The second-order valence-corrected chi connectivity index (χ2v) is 7.40. The van der Waals surface area contributed by atoms with E-state index in [9.17, 15) is 9.59 Å². The van der Waals surface area contributed by atoms with Crippen LogP contribution in [0.1, 0.15) is 51.1 Å². The average molecular weight is 345 g/mol. The van der Waals surface area contributed by atoms with Crippen LogP contribution in [0.4, 0.5) is 4.79 Å². The van der Waals surface area contributed by atoms with Gasteiger partial charge in [-0.15, -0.1) is 0 Å². The molecule has 0 fully saturated rings. The molecule has 0 aromatic carbocycles. The van der Waals surface area contributed by atoms with E-state index in [1.807, 2.05) is 13.8 Å². The van der Waals surface area contributed by atoms with Crippen LogP contribution in [0.3, 0.4) is 0 Å². The zero-order valence-electron chi connectivity index (χ0n) is 14.9. The molecule has 2 atom stereocenters. The maximum Gasteiger partial charge on any atom is 0.511 e. The van der Waals surface area contributed by atoms with E-state index in [0.29, 0.717) is 5.92 Å². The number of carboxylic acid groups (broad SMARTS) is 1. The number of carbonyl (C=O) groups excluding carboxylic acids is 1. The summed E-state index contributed by atoms with van der Waals surface area (Å²) in [6, 6.07) is 1.72. The number of pyridine rings is 1. The second-order valence-electron chi connectivity index (χ2n) is 7.40. The van der Waals surface area contributed by atoms with Gasteiger partial charge in [-0.2, -0.15) is 4.99 Å². The van der Waals surface area contributed by atoms with Crippen molar-refractivity contribution in [1.29, 1.82) is 0 Å². The van der Waals surface area contributed by atoms with E-state index in [2.05, 4.69) is 22.2 Å². The molecule has 1 aliphatic heterocycles. The summed E-state index contributed by atoms with van der Waals surface area (Å²) in [6.45, 7) is 7.81. The summed E-state index contributed by atoms with van der Waals surface area (Å²) in [5.74, 6) is 0.640. The molecule has 1 amide bonds. The van der Waals surface area contributed by atoms with Crippen LogP contribution in [0.25, 0.3) is 0 Å². The minimum atomic E-state index is -1.41. The van der Waals surface area contributed by atoms with Crippen LogP contribution in [0.5, 0.6) is 5.75 Å². The van der Waals surface area contributed by atoms with Crippen molar-refractivity contribution in [2.24, 2.45) is 16.8 Å². The molecular weight excluding hydrogens is 322 g/mol. The number of rotatable bonds is 3. The summed E-state index contributed by atoms with van der Waals surface area (Å²) in [6.07, 6.45) is 1.27. The average Bonchev–Trinajstić information content (AvgIpc) is 2.83. The van der Waals surface area contributed by atoms with E-state index in [1.54, 1.807) is 13.0 Å². The zero-order valence-corrected chi connectivity index (χ0v) is 14.9. The molecule has 0 radical (unpaired) electrons. The lowest BCUT2D eigenvalue weighted by atomic mass is 9.87. The number of amidine groups is 1. The summed E-state index contributed by atoms with van der Waals surface area (Å²) in [7, 11) is 0. The van der Waals surface area contributed by atoms with Crippen molar-refractivity contribution in [2.45, 2.75) is 52.5 Å². The molecule has 0 bridgehead atoms. The number of hydrogen-bond acceptors (Lipinski definition) is 5. The molecule has 0 spiro atoms. The third-order valence-corrected chi connectivity index (χ3v) is 5.22. The standard InChI is InChI=1S/C18H23N3O4/c1-9(2)18(4)16(22)20-15(21-18)14-13(25-17(23)24)8-11-6-5-10(3)7-12(11)19-14/h8-10H,5-7H2,1-4H3,(H,23,24)(H,20,21,22). The van der Waals surface area contributed by atoms with E-state index >= 15 is 0 Å². The predicted molar refractivity (Wildman–Crippen MR) is 92.0 cm³/mol. The number of carbonyl (C=O) groups is 2. The maximum absolute atomic E-state index is 12.4. The summed E-state index contributed by atoms with van der Waals surface area (Å²) in [5, 5.41) is 12.2. The summed E-state index contributed by atoms with van der Waals surface area (Å²) < 4.78 is 4.94. The van der Waals surface area contributed by atoms with Gasteiger partial charge < -0.3 is 15.2 Å². The topological polar surface area (TPSA) is 101 Å². The van der Waals surface area contributed by atoms with Gasteiger partial charge >= 0.3 is 6.16 Å². The SMILES string of the molecule is CC1CCc2cc(OC(=O)O)c(C3=NC(=O)C(C)(C(C)C)N3)nc2C1. The van der Waals surface area contributed by atoms with Crippen molar-refractivity contribution in [3.8, 4) is 5.75 Å². The molecule has 2 unspecified atom stereocenters. The maximum atomic E-state index is 12.4. The third kappa shape index (κ3) is 3.10. The first-order valence-electron chi connectivity index (χ1n) is 8.56. The molecule has 0 saturated carbocycles. The molecule has 134 valence electrons. The van der Waals surface area contributed by atoms with Crippen LogP contribution in [0.15, 0.2) is 11.1 Å². The number of ether oxygens (including phenoxy) is 1. The summed E-state index contributed by atoms with van der Waals surface area (Å²) in [5.41, 5.74) is 1.37. The Morgan fingerprint density at radius 1 is 1.48 bits per heavy atom. The van der Waals surface area contributed by atoms with Crippen molar-refractivity contribution >= 4 is 17.9 Å². The fourth-order valence-electron chi connectivity index (χ4n) is 3.19. The highest BCUT2D eigenvalue weighted by molar-refractivity contribution is 6.14. The molecule has 0 saturated heterocycles. The summed E-state index contributed by atoms with van der Waals surface area (Å²) >= 11 is 0. The van der Waals surface area contributed by atoms with Gasteiger partial charge in [0.15, 0.2) is 11.6 Å². The fourth-order valence-corrected chi connectivity index (χ4v) is 3.19. The molecule has 2 aliphatic rings. The number of aromatic nitrogens is 1. The number of amides is 1. The predicted octanol–water partition coefficient (Wildman–Crippen LogP) is 2.55. The molecule has 2 N–H and O–H groups in total. The number of aliphatic imine (C=N–C) groups is 1. The first-order valence-corrected chi connectivity index (χ1v) is 8.56. The molecule has 2 heterocycles. The smallest absolute Gasteiger partial charge is 0.449 e. The molecule has 1 aliphatic carbocycles. The summed E-state index contributed by atoms with van der Waals surface area (Å²) in [4.78, 5) is 32.2. The Balaban J connectivity index is 2.05. The van der Waals surface area contributed by atoms with Crippen LogP contribution in [-0.4, -0.2) is 33.5 Å². The Kier molecular flexibility index (Phi) is 4.26. The van der Waals surface area contributed by atoms with E-state index in [-0.39, 0.29) is 29.1 Å². The van der Waals surface area contributed by atoms with Crippen LogP contribution >= 0.6 is 0 Å². The van der Waals surface area contributed by atoms with Crippen molar-refractivity contribution < 1.29 is 19.4 Å². The lowest BCUT2D eigenvalue weighted by molar-refractivity contribution is -0.123. The second kappa shape index (κ2) is 6.13. The number of hydrogen-bond donors (Lipinski definition) is 2. The van der Waals surface area contributed by atoms with E-state index in [4.69, 9.17) is 9.84 Å². The molecule has 7 heteroatoms. The minimum absolute atomic E-state index is 0.0164. The molecule has 7 nitrogen and oxygen atoms in total. The molecule has 3 rings (SSSR count). The molecule has 1 aromatic heterocycles. The first kappa shape index (κ1) is 17.4. The Morgan fingerprint density at radius 2 is 2.20 bits per heavy atom. The molecule has 25 heavy (non-hydrogen) atoms. The van der Waals surface area contributed by atoms with Gasteiger partial charge in [0.05, 0.1) is 0 Å². The van der Waals surface area contributed by atoms with Gasteiger partial charge in [-0.25, -0.2) is 9.78 Å². The van der Waals surface area contributed by atoms with Crippen molar-refractivity contribution in [3.63, 3.8) is 0 Å². The number of aryl methyl sites for hydroxylation is 1. The highest BCUT2D eigenvalue weighted by Crippen LogP contribution is 2.31. The van der Waals surface area contributed by atoms with Crippen molar-refractivity contribution in [3.05, 3.63) is 23.0 Å². The third-order valence-electron chi connectivity index (χ3n) is 5.22. The lowest BCUT2D eigenvalue weighted by Crippen LogP contribution is -2.50. The minimum Gasteiger partial charge on any atom is -0.449 e. The van der Waals surface area contributed by atoms with Crippen molar-refractivity contribution in [1.82, 2.24) is 10.3 Å². The van der Waals surface area contributed by atoms with Gasteiger partial charge in [-0.3, -0.25) is 4.79 Å². The van der Waals surface area contributed by atoms with E-state index < -0.39 is 11.7 Å². The van der Waals surface area contributed by atoms with Gasteiger partial charge in [0.2, 0.25) is 0 Å². The van der Waals surface area contributed by atoms with E-state index in [1.165, 1.54) is 0 Å². The fraction of sp³-hybridized carbons (Fsp3) is 0.556. The van der Waals surface area contributed by atoms with Gasteiger partial charge in [0, 0.05) is 5.69 Å². The zero-order chi connectivity index (χ0) is 18.4. The monoisotopic (exact) mass is 345 g/mol. The number of fused-ring (bicyclic) bond motifs is 1. The van der Waals surface area contributed by atoms with E-state index in [0.717, 1.165) is 30.5 Å². The highest BCUT2D eigenvalue weighted by atomic mass is 16.7. The Hall–Kier alpha value is -2.44.